The summed E-state index contributed by atoms with van der Waals surface area (Å²) in [5.74, 6) is -0.225. The fourth-order valence-electron chi connectivity index (χ4n) is 4.62. The topological polar surface area (TPSA) is 72.6 Å². The normalized spacial score (nSPS) is 14.3. The number of alkyl halides is 6. The van der Waals surface area contributed by atoms with Gasteiger partial charge in [0.05, 0.1) is 16.8 Å². The van der Waals surface area contributed by atoms with Crippen LogP contribution >= 0.6 is 0 Å². The highest BCUT2D eigenvalue weighted by Gasteiger charge is 2.37. The van der Waals surface area contributed by atoms with E-state index in [9.17, 15) is 35.9 Å². The predicted octanol–water partition coefficient (Wildman–Crippen LogP) is 6.75. The summed E-state index contributed by atoms with van der Waals surface area (Å²) in [5, 5.41) is 0. The van der Waals surface area contributed by atoms with E-state index in [-0.39, 0.29) is 24.0 Å². The number of nitrogens with two attached hydrogens (primary N) is 1. The summed E-state index contributed by atoms with van der Waals surface area (Å²) in [6, 6.07) is 4.75. The first-order valence-electron chi connectivity index (χ1n) is 11.9. The number of fused-ring (bicyclic) bond motifs is 1. The molecule has 0 fully saturated rings. The molecule has 0 heterocycles. The van der Waals surface area contributed by atoms with Crippen molar-refractivity contribution in [1.29, 1.82) is 0 Å². The fourth-order valence-corrected chi connectivity index (χ4v) is 4.62. The van der Waals surface area contributed by atoms with Crippen LogP contribution in [0.4, 0.5) is 36.8 Å². The minimum atomic E-state index is -5.03. The van der Waals surface area contributed by atoms with Crippen molar-refractivity contribution in [2.45, 2.75) is 70.8 Å². The summed E-state index contributed by atoms with van der Waals surface area (Å²) in [7, 11) is 0. The van der Waals surface area contributed by atoms with Gasteiger partial charge in [-0.3, -0.25) is 4.79 Å². The zero-order valence-electron chi connectivity index (χ0n) is 20.4. The van der Waals surface area contributed by atoms with E-state index in [1.54, 1.807) is 19.1 Å². The van der Waals surface area contributed by atoms with Crippen molar-refractivity contribution in [3.8, 4) is 0 Å². The molecule has 0 radical (unpaired) electrons. The molecule has 2 N–H and O–H groups in total. The number of primary amides is 1. The third kappa shape index (κ3) is 6.75. The lowest BCUT2D eigenvalue weighted by atomic mass is 9.93. The molecule has 11 heteroatoms. The summed E-state index contributed by atoms with van der Waals surface area (Å²) in [6.07, 6.45) is -10.1. The van der Waals surface area contributed by atoms with Gasteiger partial charge in [-0.2, -0.15) is 26.3 Å². The number of halogens is 6. The molecule has 202 valence electrons. The summed E-state index contributed by atoms with van der Waals surface area (Å²) in [4.78, 5) is 26.1. The summed E-state index contributed by atoms with van der Waals surface area (Å²) in [5.41, 5.74) is 4.59. The van der Waals surface area contributed by atoms with Crippen LogP contribution in [-0.2, 0) is 41.1 Å². The summed E-state index contributed by atoms with van der Waals surface area (Å²) in [6.45, 7) is 3.86. The van der Waals surface area contributed by atoms with Crippen LogP contribution in [-0.4, -0.2) is 18.5 Å². The highest BCUT2D eigenvalue weighted by Crippen LogP contribution is 2.40. The summed E-state index contributed by atoms with van der Waals surface area (Å²) < 4.78 is 85.8. The zero-order chi connectivity index (χ0) is 27.5. The summed E-state index contributed by atoms with van der Waals surface area (Å²) >= 11 is 0. The number of ether oxygens (including phenoxy) is 1. The second-order valence-corrected chi connectivity index (χ2v) is 8.98. The molecule has 0 saturated carbocycles. The maximum Gasteiger partial charge on any atom is 0.416 e. The monoisotopic (exact) mass is 530 g/mol. The van der Waals surface area contributed by atoms with E-state index in [1.807, 2.05) is 6.92 Å². The molecule has 1 aliphatic carbocycles. The number of carbonyl (C=O) groups excluding carboxylic acids is 2. The van der Waals surface area contributed by atoms with E-state index < -0.39 is 42.1 Å². The molecule has 37 heavy (non-hydrogen) atoms. The minimum absolute atomic E-state index is 0.0389. The molecule has 5 nitrogen and oxygen atoms in total. The van der Waals surface area contributed by atoms with Crippen molar-refractivity contribution < 1.29 is 40.7 Å². The first kappa shape index (κ1) is 28.3. The van der Waals surface area contributed by atoms with Gasteiger partial charge in [0.25, 0.3) is 0 Å². The number of benzene rings is 2. The van der Waals surface area contributed by atoms with Gasteiger partial charge in [-0.25, -0.2) is 4.79 Å². The maximum absolute atomic E-state index is 13.4. The Balaban J connectivity index is 2.19. The number of aryl methyl sites for hydroxylation is 2. The Morgan fingerprint density at radius 2 is 1.51 bits per heavy atom. The number of nitrogens with zero attached hydrogens (tertiary/aromatic N) is 1. The molecule has 0 aromatic heterocycles. The van der Waals surface area contributed by atoms with Crippen LogP contribution in [0.5, 0.6) is 0 Å². The lowest BCUT2D eigenvalue weighted by Gasteiger charge is -2.29. The van der Waals surface area contributed by atoms with Crippen LogP contribution in [0.3, 0.4) is 0 Å². The molecular formula is C26H28F6N2O3. The van der Waals surface area contributed by atoms with Gasteiger partial charge in [0.1, 0.15) is 6.10 Å². The maximum atomic E-state index is 13.4. The number of amides is 2. The molecule has 0 bridgehead atoms. The van der Waals surface area contributed by atoms with E-state index in [0.717, 1.165) is 24.0 Å². The minimum Gasteiger partial charge on any atom is -0.441 e. The number of carbonyl (C=O) groups is 2. The number of hydrogen-bond donors (Lipinski definition) is 1. The average Bonchev–Trinajstić information content (AvgIpc) is 3.27. The third-order valence-corrected chi connectivity index (χ3v) is 6.26. The van der Waals surface area contributed by atoms with E-state index in [2.05, 4.69) is 0 Å². The van der Waals surface area contributed by atoms with Gasteiger partial charge in [-0.1, -0.05) is 13.8 Å². The van der Waals surface area contributed by atoms with Crippen molar-refractivity contribution in [1.82, 2.24) is 0 Å². The molecule has 0 saturated heterocycles. The number of rotatable bonds is 8. The highest BCUT2D eigenvalue weighted by atomic mass is 19.4. The first-order valence-corrected chi connectivity index (χ1v) is 11.9. The van der Waals surface area contributed by atoms with Crippen LogP contribution in [0.25, 0.3) is 0 Å². The van der Waals surface area contributed by atoms with E-state index in [1.165, 1.54) is 4.90 Å². The Labute approximate surface area is 210 Å². The Morgan fingerprint density at radius 3 is 2.00 bits per heavy atom. The smallest absolute Gasteiger partial charge is 0.416 e. The lowest BCUT2D eigenvalue weighted by Crippen LogP contribution is -2.33. The molecular weight excluding hydrogens is 502 g/mol. The van der Waals surface area contributed by atoms with Gasteiger partial charge in [-0.15, -0.1) is 0 Å². The van der Waals surface area contributed by atoms with Crippen LogP contribution in [0, 0.1) is 0 Å². The van der Waals surface area contributed by atoms with Crippen molar-refractivity contribution in [3.05, 3.63) is 63.7 Å². The number of hydrogen-bond acceptors (Lipinski definition) is 3. The predicted molar refractivity (Wildman–Crippen MR) is 125 cm³/mol. The lowest BCUT2D eigenvalue weighted by molar-refractivity contribution is -0.143. The molecule has 1 unspecified atom stereocenters. The van der Waals surface area contributed by atoms with Crippen LogP contribution in [0.2, 0.25) is 0 Å². The molecule has 2 aromatic rings. The highest BCUT2D eigenvalue weighted by molar-refractivity contribution is 5.94. The second-order valence-electron chi connectivity index (χ2n) is 8.98. The van der Waals surface area contributed by atoms with Crippen molar-refractivity contribution in [2.75, 3.05) is 11.4 Å². The Morgan fingerprint density at radius 1 is 0.946 bits per heavy atom. The van der Waals surface area contributed by atoms with Crippen LogP contribution in [0.1, 0.15) is 72.6 Å². The molecule has 0 aliphatic heterocycles. The molecule has 2 amide bonds. The first-order chi connectivity index (χ1) is 17.2. The quantitative estimate of drug-likeness (QED) is 0.384. The average molecular weight is 531 g/mol. The van der Waals surface area contributed by atoms with Crippen LogP contribution < -0.4 is 10.6 Å². The Kier molecular flexibility index (Phi) is 8.44. The second kappa shape index (κ2) is 11.0. The Bertz CT molecular complexity index is 1130. The van der Waals surface area contributed by atoms with Gasteiger partial charge in [0.2, 0.25) is 5.91 Å². The van der Waals surface area contributed by atoms with Gasteiger partial charge in [0.15, 0.2) is 0 Å². The number of anilines is 1. The van der Waals surface area contributed by atoms with Gasteiger partial charge in [0, 0.05) is 24.9 Å². The SMILES string of the molecule is CCCN(C(=O)CC)c1cc2c(cc1C(Cc1cc(C(F)(F)F)cc(C(F)(F)F)c1)OC(N)=O)CCC2. The zero-order valence-corrected chi connectivity index (χ0v) is 20.4. The largest absolute Gasteiger partial charge is 0.441 e. The Hall–Kier alpha value is -3.24. The van der Waals surface area contributed by atoms with Crippen LogP contribution in [0.15, 0.2) is 30.3 Å². The van der Waals surface area contributed by atoms with E-state index in [0.29, 0.717) is 42.8 Å². The van der Waals surface area contributed by atoms with Gasteiger partial charge < -0.3 is 15.4 Å². The van der Waals surface area contributed by atoms with Crippen molar-refractivity contribution in [2.24, 2.45) is 5.73 Å². The molecule has 0 spiro atoms. The van der Waals surface area contributed by atoms with Gasteiger partial charge >= 0.3 is 18.4 Å². The van der Waals surface area contributed by atoms with Crippen molar-refractivity contribution >= 4 is 17.7 Å². The van der Waals surface area contributed by atoms with Gasteiger partial charge in [-0.05, 0) is 72.7 Å². The molecule has 2 aromatic carbocycles. The molecule has 3 rings (SSSR count). The standard InChI is InChI=1S/C26H28F6N2O3/c1-3-8-34(23(35)4-2)21-13-17-7-5-6-16(17)12-20(21)22(37-24(33)36)11-15-9-18(25(27,28)29)14-19(10-15)26(30,31)32/h9-10,12-14,22H,3-8,11H2,1-2H3,(H2,33,36). The molecule has 1 atom stereocenters. The third-order valence-electron chi connectivity index (χ3n) is 6.26. The fraction of sp³-hybridized carbons (Fsp3) is 0.462. The van der Waals surface area contributed by atoms with E-state index >= 15 is 0 Å². The molecule has 1 aliphatic rings. The van der Waals surface area contributed by atoms with Crippen molar-refractivity contribution in [3.63, 3.8) is 0 Å². The van der Waals surface area contributed by atoms with E-state index in [4.69, 9.17) is 10.5 Å².